The van der Waals surface area contributed by atoms with E-state index in [9.17, 15) is 4.79 Å². The first-order chi connectivity index (χ1) is 12.0. The van der Waals surface area contributed by atoms with E-state index in [4.69, 9.17) is 14.0 Å². The van der Waals surface area contributed by atoms with Gasteiger partial charge in [-0.05, 0) is 43.3 Å². The van der Waals surface area contributed by atoms with Crippen molar-refractivity contribution < 1.29 is 18.8 Å². The summed E-state index contributed by atoms with van der Waals surface area (Å²) in [6.07, 6.45) is 0. The van der Waals surface area contributed by atoms with E-state index in [-0.39, 0.29) is 13.2 Å². The molecule has 0 radical (unpaired) electrons. The van der Waals surface area contributed by atoms with Gasteiger partial charge in [-0.25, -0.2) is 4.79 Å². The molecular formula is C19H19NO4S. The van der Waals surface area contributed by atoms with Crippen molar-refractivity contribution in [3.05, 3.63) is 58.1 Å². The number of carbonyl (C=O) groups excluding carboxylic acids is 1. The van der Waals surface area contributed by atoms with E-state index in [2.05, 4.69) is 5.16 Å². The molecule has 130 valence electrons. The first-order valence-electron chi connectivity index (χ1n) is 7.88. The lowest BCUT2D eigenvalue weighted by Gasteiger charge is -2.12. The molecule has 2 heterocycles. The minimum absolute atomic E-state index is 0.0585. The molecule has 0 spiro atoms. The molecule has 3 aromatic rings. The van der Waals surface area contributed by atoms with Crippen LogP contribution in [0.2, 0.25) is 0 Å². The van der Waals surface area contributed by atoms with Crippen LogP contribution >= 0.6 is 11.3 Å². The van der Waals surface area contributed by atoms with Gasteiger partial charge in [0.2, 0.25) is 0 Å². The summed E-state index contributed by atoms with van der Waals surface area (Å²) in [7, 11) is 0. The molecule has 0 atom stereocenters. The van der Waals surface area contributed by atoms with Crippen molar-refractivity contribution in [1.82, 2.24) is 5.16 Å². The summed E-state index contributed by atoms with van der Waals surface area (Å²) < 4.78 is 16.1. The molecule has 0 saturated heterocycles. The van der Waals surface area contributed by atoms with Crippen molar-refractivity contribution in [2.75, 3.05) is 6.61 Å². The van der Waals surface area contributed by atoms with Crippen molar-refractivity contribution in [2.45, 2.75) is 27.4 Å². The lowest BCUT2D eigenvalue weighted by Crippen LogP contribution is -2.15. The second-order valence-electron chi connectivity index (χ2n) is 5.84. The van der Waals surface area contributed by atoms with Gasteiger partial charge in [0, 0.05) is 6.07 Å². The monoisotopic (exact) mass is 357 g/mol. The third-order valence-electron chi connectivity index (χ3n) is 3.64. The molecule has 25 heavy (non-hydrogen) atoms. The van der Waals surface area contributed by atoms with Crippen LogP contribution in [0.15, 0.2) is 40.2 Å². The molecule has 5 nitrogen and oxygen atoms in total. The molecule has 6 heteroatoms. The lowest BCUT2D eigenvalue weighted by molar-refractivity contribution is -0.147. The number of hydrogen-bond acceptors (Lipinski definition) is 6. The Morgan fingerprint density at radius 3 is 2.64 bits per heavy atom. The van der Waals surface area contributed by atoms with E-state index in [0.29, 0.717) is 11.5 Å². The number of aromatic nitrogens is 1. The second-order valence-corrected chi connectivity index (χ2v) is 6.78. The zero-order valence-electron chi connectivity index (χ0n) is 14.4. The molecule has 0 saturated carbocycles. The summed E-state index contributed by atoms with van der Waals surface area (Å²) in [5.41, 5.74) is 3.74. The van der Waals surface area contributed by atoms with E-state index < -0.39 is 5.97 Å². The highest BCUT2D eigenvalue weighted by Crippen LogP contribution is 2.26. The highest BCUT2D eigenvalue weighted by molar-refractivity contribution is 7.13. The minimum Gasteiger partial charge on any atom is -0.481 e. The normalized spacial score (nSPS) is 10.7. The number of rotatable bonds is 6. The van der Waals surface area contributed by atoms with Gasteiger partial charge in [0.05, 0.1) is 4.88 Å². The summed E-state index contributed by atoms with van der Waals surface area (Å²) in [5, 5.41) is 5.88. The average molecular weight is 357 g/mol. The smallest absolute Gasteiger partial charge is 0.344 e. The van der Waals surface area contributed by atoms with Crippen molar-refractivity contribution in [2.24, 2.45) is 0 Å². The van der Waals surface area contributed by atoms with Crippen LogP contribution in [0.1, 0.15) is 22.4 Å². The molecule has 1 aromatic carbocycles. The molecule has 0 unspecified atom stereocenters. The lowest BCUT2D eigenvalue weighted by atomic mass is 10.1. The predicted octanol–water partition coefficient (Wildman–Crippen LogP) is 4.45. The van der Waals surface area contributed by atoms with Crippen LogP contribution in [0, 0.1) is 20.8 Å². The zero-order chi connectivity index (χ0) is 17.8. The SMILES string of the molecule is Cc1cc(C)c(OCC(=O)OCc2cc(-c3cccs3)on2)c(C)c1. The Hall–Kier alpha value is -2.60. The summed E-state index contributed by atoms with van der Waals surface area (Å²) in [5.74, 6) is 0.951. The largest absolute Gasteiger partial charge is 0.481 e. The molecular weight excluding hydrogens is 338 g/mol. The fourth-order valence-electron chi connectivity index (χ4n) is 2.64. The maximum atomic E-state index is 11.9. The van der Waals surface area contributed by atoms with Crippen molar-refractivity contribution >= 4 is 17.3 Å². The van der Waals surface area contributed by atoms with E-state index in [1.807, 2.05) is 50.4 Å². The van der Waals surface area contributed by atoms with Gasteiger partial charge in [-0.15, -0.1) is 11.3 Å². The molecule has 0 bridgehead atoms. The van der Waals surface area contributed by atoms with Gasteiger partial charge in [-0.3, -0.25) is 0 Å². The van der Waals surface area contributed by atoms with Gasteiger partial charge in [0.25, 0.3) is 0 Å². The quantitative estimate of drug-likeness (QED) is 0.610. The van der Waals surface area contributed by atoms with E-state index in [0.717, 1.165) is 27.3 Å². The van der Waals surface area contributed by atoms with Crippen molar-refractivity contribution in [1.29, 1.82) is 0 Å². The predicted molar refractivity (Wildman–Crippen MR) is 95.8 cm³/mol. The van der Waals surface area contributed by atoms with Gasteiger partial charge < -0.3 is 14.0 Å². The summed E-state index contributed by atoms with van der Waals surface area (Å²) in [6.45, 7) is 5.87. The van der Waals surface area contributed by atoms with Gasteiger partial charge >= 0.3 is 5.97 Å². The van der Waals surface area contributed by atoms with Crippen LogP contribution in [0.4, 0.5) is 0 Å². The highest BCUT2D eigenvalue weighted by Gasteiger charge is 2.12. The van der Waals surface area contributed by atoms with Crippen LogP contribution in [0.25, 0.3) is 10.6 Å². The van der Waals surface area contributed by atoms with Crippen molar-refractivity contribution in [3.63, 3.8) is 0 Å². The first-order valence-corrected chi connectivity index (χ1v) is 8.76. The second kappa shape index (κ2) is 7.53. The van der Waals surface area contributed by atoms with Crippen LogP contribution in [0.5, 0.6) is 5.75 Å². The van der Waals surface area contributed by atoms with Crippen LogP contribution in [-0.4, -0.2) is 17.7 Å². The average Bonchev–Trinajstić information content (AvgIpc) is 3.23. The summed E-state index contributed by atoms with van der Waals surface area (Å²) in [4.78, 5) is 12.9. The Balaban J connectivity index is 1.52. The number of hydrogen-bond donors (Lipinski definition) is 0. The fraction of sp³-hybridized carbons (Fsp3) is 0.263. The number of thiophene rings is 1. The molecule has 3 rings (SSSR count). The fourth-order valence-corrected chi connectivity index (χ4v) is 3.31. The van der Waals surface area contributed by atoms with E-state index >= 15 is 0 Å². The maximum Gasteiger partial charge on any atom is 0.344 e. The Morgan fingerprint density at radius 1 is 1.20 bits per heavy atom. The van der Waals surface area contributed by atoms with Gasteiger partial charge in [-0.2, -0.15) is 0 Å². The summed E-state index contributed by atoms with van der Waals surface area (Å²) in [6, 6.07) is 9.70. The molecule has 0 aliphatic carbocycles. The van der Waals surface area contributed by atoms with Gasteiger partial charge in [0.1, 0.15) is 18.1 Å². The first kappa shape index (κ1) is 17.2. The van der Waals surface area contributed by atoms with Crippen LogP contribution < -0.4 is 4.74 Å². The summed E-state index contributed by atoms with van der Waals surface area (Å²) >= 11 is 1.56. The number of benzene rings is 1. The van der Waals surface area contributed by atoms with Crippen LogP contribution in [-0.2, 0) is 16.1 Å². The van der Waals surface area contributed by atoms with E-state index in [1.165, 1.54) is 0 Å². The Labute approximate surface area is 150 Å². The third-order valence-corrected chi connectivity index (χ3v) is 4.53. The van der Waals surface area contributed by atoms with E-state index in [1.54, 1.807) is 17.4 Å². The molecule has 0 fully saturated rings. The topological polar surface area (TPSA) is 61.6 Å². The minimum atomic E-state index is -0.444. The Bertz CT molecular complexity index is 844. The molecule has 0 aliphatic heterocycles. The number of nitrogens with zero attached hydrogens (tertiary/aromatic N) is 1. The number of carbonyl (C=O) groups is 1. The number of aryl methyl sites for hydroxylation is 3. The molecule has 0 aliphatic rings. The van der Waals surface area contributed by atoms with Gasteiger partial charge in [-0.1, -0.05) is 28.9 Å². The maximum absolute atomic E-state index is 11.9. The van der Waals surface area contributed by atoms with Gasteiger partial charge in [0.15, 0.2) is 12.4 Å². The number of esters is 1. The number of ether oxygens (including phenoxy) is 2. The third kappa shape index (κ3) is 4.28. The van der Waals surface area contributed by atoms with Crippen LogP contribution in [0.3, 0.4) is 0 Å². The standard InChI is InChI=1S/C19H19NO4S/c1-12-7-13(2)19(14(3)8-12)23-11-18(21)22-10-15-9-16(24-20-15)17-5-4-6-25-17/h4-9H,10-11H2,1-3H3. The van der Waals surface area contributed by atoms with Crippen molar-refractivity contribution in [3.8, 4) is 16.4 Å². The Morgan fingerprint density at radius 2 is 1.96 bits per heavy atom. The molecule has 0 amide bonds. The Kier molecular flexibility index (Phi) is 5.19. The zero-order valence-corrected chi connectivity index (χ0v) is 15.2. The molecule has 0 N–H and O–H groups in total. The highest BCUT2D eigenvalue weighted by atomic mass is 32.1. The molecule has 2 aromatic heterocycles.